The molecule has 5 heteroatoms. The highest BCUT2D eigenvalue weighted by atomic mass is 19.1. The van der Waals surface area contributed by atoms with E-state index in [0.29, 0.717) is 5.57 Å². The molecular formula is C18H16F2N2O. The van der Waals surface area contributed by atoms with Gasteiger partial charge in [-0.3, -0.25) is 0 Å². The summed E-state index contributed by atoms with van der Waals surface area (Å²) in [7, 11) is 1.55. The van der Waals surface area contributed by atoms with Crippen molar-refractivity contribution in [2.45, 2.75) is 6.04 Å². The number of carbonyl (C=O) groups excluding carboxylic acids is 1. The van der Waals surface area contributed by atoms with Gasteiger partial charge in [0.2, 0.25) is 0 Å². The van der Waals surface area contributed by atoms with Gasteiger partial charge in [-0.2, -0.15) is 0 Å². The number of hydrogen-bond donors (Lipinski definition) is 1. The number of rotatable bonds is 2. The molecule has 2 aromatic carbocycles. The topological polar surface area (TPSA) is 32.3 Å². The third-order valence-electron chi connectivity index (χ3n) is 3.93. The Morgan fingerprint density at radius 3 is 2.61 bits per heavy atom. The van der Waals surface area contributed by atoms with Crippen LogP contribution in [-0.4, -0.2) is 24.5 Å². The number of urea groups is 1. The lowest BCUT2D eigenvalue weighted by atomic mass is 10.0. The molecule has 0 fully saturated rings. The van der Waals surface area contributed by atoms with Crippen LogP contribution in [0, 0.1) is 11.6 Å². The summed E-state index contributed by atoms with van der Waals surface area (Å²) in [6.07, 6.45) is 1.81. The summed E-state index contributed by atoms with van der Waals surface area (Å²) in [5.41, 5.74) is 1.71. The van der Waals surface area contributed by atoms with Gasteiger partial charge in [-0.05, 0) is 29.3 Å². The van der Waals surface area contributed by atoms with Crippen LogP contribution >= 0.6 is 0 Å². The van der Waals surface area contributed by atoms with E-state index in [4.69, 9.17) is 0 Å². The van der Waals surface area contributed by atoms with Crippen LogP contribution in [0.4, 0.5) is 13.6 Å². The standard InChI is InChI=1S/C18H16F2N2O/c1-21-18(23)22-11-13(15-10-14(19)7-8-16(15)20)9-17(22)12-5-3-2-4-6-12/h2-10,17H,11H2,1H3,(H,21,23)/t17-/m0/s1. The second kappa shape index (κ2) is 6.20. The van der Waals surface area contributed by atoms with Crippen molar-refractivity contribution in [2.75, 3.05) is 13.6 Å². The van der Waals surface area contributed by atoms with Crippen molar-refractivity contribution < 1.29 is 13.6 Å². The highest BCUT2D eigenvalue weighted by Crippen LogP contribution is 2.35. The highest BCUT2D eigenvalue weighted by molar-refractivity contribution is 5.81. The number of amides is 2. The predicted octanol–water partition coefficient (Wildman–Crippen LogP) is 3.74. The Morgan fingerprint density at radius 2 is 1.91 bits per heavy atom. The lowest BCUT2D eigenvalue weighted by Gasteiger charge is -2.24. The van der Waals surface area contributed by atoms with E-state index >= 15 is 0 Å². The molecule has 0 spiro atoms. The first kappa shape index (κ1) is 15.2. The maximum absolute atomic E-state index is 14.0. The van der Waals surface area contributed by atoms with Crippen LogP contribution in [0.25, 0.3) is 5.57 Å². The molecule has 2 aromatic rings. The van der Waals surface area contributed by atoms with Gasteiger partial charge in [0.15, 0.2) is 0 Å². The molecule has 1 aliphatic rings. The maximum Gasteiger partial charge on any atom is 0.318 e. The summed E-state index contributed by atoms with van der Waals surface area (Å²) in [6, 6.07) is 12.2. The van der Waals surface area contributed by atoms with Crippen LogP contribution in [0.15, 0.2) is 54.6 Å². The van der Waals surface area contributed by atoms with Crippen LogP contribution in [0.3, 0.4) is 0 Å². The lowest BCUT2D eigenvalue weighted by molar-refractivity contribution is 0.200. The molecule has 0 unspecified atom stereocenters. The second-order valence-corrected chi connectivity index (χ2v) is 5.35. The fourth-order valence-corrected chi connectivity index (χ4v) is 2.80. The Bertz CT molecular complexity index is 759. The molecular weight excluding hydrogens is 298 g/mol. The second-order valence-electron chi connectivity index (χ2n) is 5.35. The van der Waals surface area contributed by atoms with E-state index in [9.17, 15) is 13.6 Å². The molecule has 23 heavy (non-hydrogen) atoms. The van der Waals surface area contributed by atoms with Crippen LogP contribution in [0.1, 0.15) is 17.2 Å². The normalized spacial score (nSPS) is 17.1. The zero-order valence-electron chi connectivity index (χ0n) is 12.6. The van der Waals surface area contributed by atoms with Gasteiger partial charge in [0, 0.05) is 19.2 Å². The molecule has 0 bridgehead atoms. The zero-order valence-corrected chi connectivity index (χ0v) is 12.6. The van der Waals surface area contributed by atoms with Crippen molar-refractivity contribution in [1.29, 1.82) is 0 Å². The first-order valence-corrected chi connectivity index (χ1v) is 7.29. The first-order valence-electron chi connectivity index (χ1n) is 7.29. The van der Waals surface area contributed by atoms with Crippen LogP contribution in [-0.2, 0) is 0 Å². The smallest absolute Gasteiger partial charge is 0.318 e. The molecule has 3 rings (SSSR count). The van der Waals surface area contributed by atoms with Gasteiger partial charge in [-0.1, -0.05) is 36.4 Å². The molecule has 118 valence electrons. The van der Waals surface area contributed by atoms with Gasteiger partial charge < -0.3 is 10.2 Å². The number of nitrogens with one attached hydrogen (secondary N) is 1. The van der Waals surface area contributed by atoms with E-state index in [2.05, 4.69) is 5.32 Å². The van der Waals surface area contributed by atoms with Crippen molar-refractivity contribution in [2.24, 2.45) is 0 Å². The summed E-state index contributed by atoms with van der Waals surface area (Å²) in [6.45, 7) is 0.222. The molecule has 0 aliphatic carbocycles. The van der Waals surface area contributed by atoms with E-state index in [1.165, 1.54) is 0 Å². The number of hydrogen-bond acceptors (Lipinski definition) is 1. The van der Waals surface area contributed by atoms with Crippen LogP contribution < -0.4 is 5.32 Å². The minimum atomic E-state index is -0.503. The predicted molar refractivity (Wildman–Crippen MR) is 84.7 cm³/mol. The fraction of sp³-hybridized carbons (Fsp3) is 0.167. The molecule has 2 amide bonds. The van der Waals surface area contributed by atoms with Gasteiger partial charge in [0.25, 0.3) is 0 Å². The molecule has 0 radical (unpaired) electrons. The maximum atomic E-state index is 14.0. The van der Waals surface area contributed by atoms with Crippen LogP contribution in [0.5, 0.6) is 0 Å². The Balaban J connectivity index is 2.03. The number of halogens is 2. The van der Waals surface area contributed by atoms with E-state index in [-0.39, 0.29) is 24.2 Å². The van der Waals surface area contributed by atoms with Crippen LogP contribution in [0.2, 0.25) is 0 Å². The summed E-state index contributed by atoms with van der Waals surface area (Å²) in [4.78, 5) is 13.7. The van der Waals surface area contributed by atoms with Crippen molar-refractivity contribution in [3.8, 4) is 0 Å². The summed E-state index contributed by atoms with van der Waals surface area (Å²) in [5.74, 6) is -1.000. The minimum absolute atomic E-state index is 0.192. The van der Waals surface area contributed by atoms with Gasteiger partial charge >= 0.3 is 6.03 Å². The molecule has 1 heterocycles. The Kier molecular flexibility index (Phi) is 4.10. The van der Waals surface area contributed by atoms with E-state index in [1.54, 1.807) is 11.9 Å². The van der Waals surface area contributed by atoms with E-state index < -0.39 is 11.6 Å². The van der Waals surface area contributed by atoms with Gasteiger partial charge in [0.05, 0.1) is 6.04 Å². The van der Waals surface area contributed by atoms with E-state index in [0.717, 1.165) is 23.8 Å². The third-order valence-corrected chi connectivity index (χ3v) is 3.93. The van der Waals surface area contributed by atoms with Gasteiger partial charge in [-0.15, -0.1) is 0 Å². The molecule has 0 saturated carbocycles. The number of benzene rings is 2. The molecule has 1 atom stereocenters. The molecule has 1 N–H and O–H groups in total. The quantitative estimate of drug-likeness (QED) is 0.900. The van der Waals surface area contributed by atoms with Crippen molar-refractivity contribution in [1.82, 2.24) is 10.2 Å². The zero-order chi connectivity index (χ0) is 16.4. The molecule has 0 saturated heterocycles. The Hall–Kier alpha value is -2.69. The Labute approximate surface area is 133 Å². The largest absolute Gasteiger partial charge is 0.341 e. The van der Waals surface area contributed by atoms with Crippen molar-refractivity contribution in [3.05, 3.63) is 77.4 Å². The molecule has 0 aromatic heterocycles. The number of carbonyl (C=O) groups is 1. The fourth-order valence-electron chi connectivity index (χ4n) is 2.80. The Morgan fingerprint density at radius 1 is 1.17 bits per heavy atom. The monoisotopic (exact) mass is 314 g/mol. The van der Waals surface area contributed by atoms with Crippen molar-refractivity contribution in [3.63, 3.8) is 0 Å². The summed E-state index contributed by atoms with van der Waals surface area (Å²) < 4.78 is 27.5. The highest BCUT2D eigenvalue weighted by Gasteiger charge is 2.31. The van der Waals surface area contributed by atoms with Crippen molar-refractivity contribution >= 4 is 11.6 Å². The molecule has 3 nitrogen and oxygen atoms in total. The lowest BCUT2D eigenvalue weighted by Crippen LogP contribution is -2.38. The van der Waals surface area contributed by atoms with Gasteiger partial charge in [0.1, 0.15) is 11.6 Å². The third kappa shape index (κ3) is 2.95. The van der Waals surface area contributed by atoms with Gasteiger partial charge in [-0.25, -0.2) is 13.6 Å². The minimum Gasteiger partial charge on any atom is -0.341 e. The molecule has 1 aliphatic heterocycles. The SMILES string of the molecule is CNC(=O)N1CC(c2cc(F)ccc2F)=C[C@H]1c1ccccc1. The average Bonchev–Trinajstić information content (AvgIpc) is 3.02. The average molecular weight is 314 g/mol. The van der Waals surface area contributed by atoms with E-state index in [1.807, 2.05) is 36.4 Å². The summed E-state index contributed by atoms with van der Waals surface area (Å²) in [5, 5.41) is 2.59. The first-order chi connectivity index (χ1) is 11.1. The number of nitrogens with zero attached hydrogens (tertiary/aromatic N) is 1. The summed E-state index contributed by atoms with van der Waals surface area (Å²) >= 11 is 0.